The maximum absolute atomic E-state index is 12.8. The molecule has 1 fully saturated rings. The zero-order valence-corrected chi connectivity index (χ0v) is 11.0. The lowest BCUT2D eigenvalue weighted by molar-refractivity contribution is 0.0632. The fraction of sp³-hybridized carbons (Fsp3) is 0.500. The van der Waals surface area contributed by atoms with Gasteiger partial charge in [-0.1, -0.05) is 0 Å². The smallest absolute Gasteiger partial charge is 0.243 e. The molecule has 0 spiro atoms. The van der Waals surface area contributed by atoms with Gasteiger partial charge in [-0.2, -0.15) is 4.31 Å². The minimum Gasteiger partial charge on any atom is -0.381 e. The third-order valence-corrected chi connectivity index (χ3v) is 5.12. The first kappa shape index (κ1) is 13.5. The normalized spacial score (nSPS) is 18.2. The van der Waals surface area contributed by atoms with E-state index >= 15 is 0 Å². The SMILES string of the molecule is CN(C1CCOCC1)S(=O)(=O)c1ccc(F)cc1. The Morgan fingerprint density at radius 3 is 2.33 bits per heavy atom. The highest BCUT2D eigenvalue weighted by Crippen LogP contribution is 2.21. The van der Waals surface area contributed by atoms with Crippen molar-refractivity contribution < 1.29 is 17.5 Å². The summed E-state index contributed by atoms with van der Waals surface area (Å²) < 4.78 is 44.0. The fourth-order valence-corrected chi connectivity index (χ4v) is 3.43. The van der Waals surface area contributed by atoms with Crippen LogP contribution in [0.25, 0.3) is 0 Å². The molecular formula is C12H16FNO3S. The van der Waals surface area contributed by atoms with Gasteiger partial charge < -0.3 is 4.74 Å². The molecule has 1 saturated heterocycles. The van der Waals surface area contributed by atoms with E-state index in [1.54, 1.807) is 7.05 Å². The number of halogens is 1. The van der Waals surface area contributed by atoms with E-state index in [1.807, 2.05) is 0 Å². The van der Waals surface area contributed by atoms with Gasteiger partial charge in [0, 0.05) is 26.3 Å². The molecule has 0 amide bonds. The number of rotatable bonds is 3. The molecular weight excluding hydrogens is 257 g/mol. The van der Waals surface area contributed by atoms with Crippen LogP contribution in [0, 0.1) is 5.82 Å². The van der Waals surface area contributed by atoms with Crippen molar-refractivity contribution in [2.75, 3.05) is 20.3 Å². The highest BCUT2D eigenvalue weighted by molar-refractivity contribution is 7.89. The number of nitrogens with zero attached hydrogens (tertiary/aromatic N) is 1. The van der Waals surface area contributed by atoms with Crippen LogP contribution in [-0.2, 0) is 14.8 Å². The summed E-state index contributed by atoms with van der Waals surface area (Å²) >= 11 is 0. The summed E-state index contributed by atoms with van der Waals surface area (Å²) in [5.41, 5.74) is 0. The molecule has 2 rings (SSSR count). The van der Waals surface area contributed by atoms with E-state index in [-0.39, 0.29) is 10.9 Å². The molecule has 18 heavy (non-hydrogen) atoms. The molecule has 0 aromatic heterocycles. The zero-order chi connectivity index (χ0) is 13.2. The second kappa shape index (κ2) is 5.34. The highest BCUT2D eigenvalue weighted by atomic mass is 32.2. The van der Waals surface area contributed by atoms with Gasteiger partial charge in [-0.15, -0.1) is 0 Å². The van der Waals surface area contributed by atoms with Gasteiger partial charge in [0.05, 0.1) is 4.90 Å². The second-order valence-corrected chi connectivity index (χ2v) is 6.32. The van der Waals surface area contributed by atoms with Crippen LogP contribution >= 0.6 is 0 Å². The van der Waals surface area contributed by atoms with E-state index in [2.05, 4.69) is 0 Å². The van der Waals surface area contributed by atoms with Crippen LogP contribution in [0.3, 0.4) is 0 Å². The van der Waals surface area contributed by atoms with Crippen LogP contribution in [0.1, 0.15) is 12.8 Å². The molecule has 4 nitrogen and oxygen atoms in total. The first-order valence-corrected chi connectivity index (χ1v) is 7.27. The minimum absolute atomic E-state index is 0.0474. The van der Waals surface area contributed by atoms with Crippen molar-refractivity contribution in [1.82, 2.24) is 4.31 Å². The van der Waals surface area contributed by atoms with Crippen molar-refractivity contribution in [2.45, 2.75) is 23.8 Å². The van der Waals surface area contributed by atoms with E-state index in [4.69, 9.17) is 4.74 Å². The molecule has 0 atom stereocenters. The van der Waals surface area contributed by atoms with Gasteiger partial charge in [-0.3, -0.25) is 0 Å². The molecule has 0 aliphatic carbocycles. The van der Waals surface area contributed by atoms with Crippen molar-refractivity contribution in [1.29, 1.82) is 0 Å². The average Bonchev–Trinajstić information content (AvgIpc) is 2.39. The maximum atomic E-state index is 12.8. The molecule has 100 valence electrons. The van der Waals surface area contributed by atoms with E-state index in [0.717, 1.165) is 12.1 Å². The average molecular weight is 273 g/mol. The van der Waals surface area contributed by atoms with Crippen molar-refractivity contribution in [2.24, 2.45) is 0 Å². The van der Waals surface area contributed by atoms with Crippen molar-refractivity contribution >= 4 is 10.0 Å². The summed E-state index contributed by atoms with van der Waals surface area (Å²) in [4.78, 5) is 0.123. The van der Waals surface area contributed by atoms with Crippen LogP contribution in [-0.4, -0.2) is 39.0 Å². The lowest BCUT2D eigenvalue weighted by Crippen LogP contribution is -2.40. The third-order valence-electron chi connectivity index (χ3n) is 3.20. The Morgan fingerprint density at radius 2 is 1.78 bits per heavy atom. The molecule has 0 bridgehead atoms. The van der Waals surface area contributed by atoms with Gasteiger partial charge in [-0.25, -0.2) is 12.8 Å². The van der Waals surface area contributed by atoms with Gasteiger partial charge in [0.1, 0.15) is 5.82 Å². The Hall–Kier alpha value is -0.980. The van der Waals surface area contributed by atoms with E-state index in [1.165, 1.54) is 16.4 Å². The molecule has 6 heteroatoms. The summed E-state index contributed by atoms with van der Waals surface area (Å²) in [5.74, 6) is -0.442. The molecule has 0 saturated carbocycles. The quantitative estimate of drug-likeness (QED) is 0.841. The van der Waals surface area contributed by atoms with Crippen LogP contribution < -0.4 is 0 Å². The summed E-state index contributed by atoms with van der Waals surface area (Å²) in [5, 5.41) is 0. The number of sulfonamides is 1. The molecule has 0 N–H and O–H groups in total. The highest BCUT2D eigenvalue weighted by Gasteiger charge is 2.29. The maximum Gasteiger partial charge on any atom is 0.243 e. The lowest BCUT2D eigenvalue weighted by atomic mass is 10.1. The van der Waals surface area contributed by atoms with Crippen molar-refractivity contribution in [3.8, 4) is 0 Å². The number of hydrogen-bond donors (Lipinski definition) is 0. The van der Waals surface area contributed by atoms with Crippen molar-refractivity contribution in [3.63, 3.8) is 0 Å². The van der Waals surface area contributed by atoms with Crippen LogP contribution in [0.5, 0.6) is 0 Å². The van der Waals surface area contributed by atoms with E-state index in [0.29, 0.717) is 26.1 Å². The number of benzene rings is 1. The number of ether oxygens (including phenoxy) is 1. The Morgan fingerprint density at radius 1 is 1.22 bits per heavy atom. The van der Waals surface area contributed by atoms with E-state index < -0.39 is 15.8 Å². The molecule has 1 aromatic carbocycles. The molecule has 0 radical (unpaired) electrons. The van der Waals surface area contributed by atoms with Crippen LogP contribution in [0.2, 0.25) is 0 Å². The first-order valence-electron chi connectivity index (χ1n) is 5.83. The Balaban J connectivity index is 2.21. The second-order valence-electron chi connectivity index (χ2n) is 4.32. The zero-order valence-electron chi connectivity index (χ0n) is 10.2. The Labute approximate surface area is 106 Å². The lowest BCUT2D eigenvalue weighted by Gasteiger charge is -2.30. The molecule has 0 unspecified atom stereocenters. The Kier molecular flexibility index (Phi) is 3.99. The van der Waals surface area contributed by atoms with Gasteiger partial charge in [0.15, 0.2) is 0 Å². The fourth-order valence-electron chi connectivity index (χ4n) is 2.02. The first-order chi connectivity index (χ1) is 8.51. The minimum atomic E-state index is -3.54. The van der Waals surface area contributed by atoms with Gasteiger partial charge in [0.2, 0.25) is 10.0 Å². The van der Waals surface area contributed by atoms with Gasteiger partial charge in [-0.05, 0) is 37.1 Å². The van der Waals surface area contributed by atoms with Crippen LogP contribution in [0.15, 0.2) is 29.2 Å². The molecule has 1 aliphatic heterocycles. The summed E-state index contributed by atoms with van der Waals surface area (Å²) in [7, 11) is -1.98. The predicted octanol–water partition coefficient (Wildman–Crippen LogP) is 1.63. The number of hydrogen-bond acceptors (Lipinski definition) is 3. The topological polar surface area (TPSA) is 46.6 Å². The van der Waals surface area contributed by atoms with Crippen molar-refractivity contribution in [3.05, 3.63) is 30.1 Å². The van der Waals surface area contributed by atoms with Gasteiger partial charge >= 0.3 is 0 Å². The largest absolute Gasteiger partial charge is 0.381 e. The summed E-state index contributed by atoms with van der Waals surface area (Å²) in [6.07, 6.45) is 1.38. The van der Waals surface area contributed by atoms with Crippen LogP contribution in [0.4, 0.5) is 4.39 Å². The predicted molar refractivity (Wildman–Crippen MR) is 65.2 cm³/mol. The van der Waals surface area contributed by atoms with E-state index in [9.17, 15) is 12.8 Å². The summed E-state index contributed by atoms with van der Waals surface area (Å²) in [6.45, 7) is 1.15. The summed E-state index contributed by atoms with van der Waals surface area (Å²) in [6, 6.07) is 4.85. The monoisotopic (exact) mass is 273 g/mol. The standard InChI is InChI=1S/C12H16FNO3S/c1-14(11-6-8-17-9-7-11)18(15,16)12-4-2-10(13)3-5-12/h2-5,11H,6-9H2,1H3. The third kappa shape index (κ3) is 2.71. The molecule has 1 heterocycles. The molecule has 1 aliphatic rings. The molecule has 1 aromatic rings. The van der Waals surface area contributed by atoms with Gasteiger partial charge in [0.25, 0.3) is 0 Å². The Bertz CT molecular complexity index is 495.